The number of fused-ring (bicyclic) bond motifs is 1. The number of aromatic nitrogens is 1. The standard InChI is InChI=1S/C26H31ClN4OS/c1-16-14-26(2,3)30(4)22-13-20(27)19(12-18(16)22)24-23(21-9-5-6-10-28-21)29-25(33)31(24)15-17-8-7-11-32-17/h5-6,9-10,12-14,17,23-24H,7-8,11,15H2,1-4H3,(H,29,33)/t17-,23-,24+/m0/s1. The molecule has 5 rings (SSSR count). The fourth-order valence-corrected chi connectivity index (χ4v) is 5.95. The number of anilines is 1. The van der Waals surface area contributed by atoms with E-state index in [9.17, 15) is 0 Å². The van der Waals surface area contributed by atoms with E-state index < -0.39 is 0 Å². The predicted molar refractivity (Wildman–Crippen MR) is 139 cm³/mol. The van der Waals surface area contributed by atoms with Gasteiger partial charge in [0.2, 0.25) is 0 Å². The molecular formula is C26H31ClN4OS. The Balaban J connectivity index is 1.61. The maximum atomic E-state index is 7.03. The molecular weight excluding hydrogens is 452 g/mol. The van der Waals surface area contributed by atoms with Crippen molar-refractivity contribution in [1.29, 1.82) is 0 Å². The zero-order valence-corrected chi connectivity index (χ0v) is 21.2. The van der Waals surface area contributed by atoms with Gasteiger partial charge in [0.15, 0.2) is 5.11 Å². The molecule has 3 aliphatic rings. The molecule has 3 atom stereocenters. The Hall–Kier alpha value is -2.15. The van der Waals surface area contributed by atoms with Crippen LogP contribution in [0.25, 0.3) is 5.57 Å². The van der Waals surface area contributed by atoms with Crippen molar-refractivity contribution in [2.24, 2.45) is 0 Å². The molecule has 0 spiro atoms. The molecule has 1 N–H and O–H groups in total. The average molecular weight is 483 g/mol. The van der Waals surface area contributed by atoms with Crippen molar-refractivity contribution in [3.63, 3.8) is 0 Å². The molecule has 0 saturated carbocycles. The summed E-state index contributed by atoms with van der Waals surface area (Å²) in [7, 11) is 2.13. The quantitative estimate of drug-likeness (QED) is 0.579. The van der Waals surface area contributed by atoms with Crippen molar-refractivity contribution in [3.05, 3.63) is 64.4 Å². The van der Waals surface area contributed by atoms with Crippen LogP contribution in [0.5, 0.6) is 0 Å². The number of nitrogens with one attached hydrogen (secondary N) is 1. The van der Waals surface area contributed by atoms with Gasteiger partial charge in [0.25, 0.3) is 0 Å². The summed E-state index contributed by atoms with van der Waals surface area (Å²) in [6, 6.07) is 10.2. The molecule has 7 heteroatoms. The Morgan fingerprint density at radius 3 is 2.82 bits per heavy atom. The molecule has 4 heterocycles. The third kappa shape index (κ3) is 4.02. The SMILES string of the molecule is CC1=CC(C)(C)N(C)c2cc(Cl)c([C@@H]3[C@H](c4ccccn4)NC(=S)N3C[C@@H]3CCCO3)cc21. The number of benzene rings is 1. The molecule has 1 aromatic heterocycles. The van der Waals surface area contributed by atoms with E-state index in [-0.39, 0.29) is 23.7 Å². The van der Waals surface area contributed by atoms with Gasteiger partial charge in [-0.05, 0) is 81.2 Å². The molecule has 3 aliphatic heterocycles. The first-order chi connectivity index (χ1) is 15.8. The number of ether oxygens (including phenoxy) is 1. The van der Waals surface area contributed by atoms with Gasteiger partial charge < -0.3 is 19.9 Å². The number of hydrogen-bond acceptors (Lipinski definition) is 4. The minimum absolute atomic E-state index is 0.0672. The van der Waals surface area contributed by atoms with Crippen molar-refractivity contribution in [1.82, 2.24) is 15.2 Å². The van der Waals surface area contributed by atoms with Crippen molar-refractivity contribution in [2.45, 2.75) is 57.3 Å². The molecule has 2 saturated heterocycles. The largest absolute Gasteiger partial charge is 0.376 e. The third-order valence-corrected chi connectivity index (χ3v) is 7.96. The Kier molecular flexibility index (Phi) is 5.88. The maximum absolute atomic E-state index is 7.03. The highest BCUT2D eigenvalue weighted by atomic mass is 35.5. The number of likely N-dealkylation sites (N-methyl/N-ethyl adjacent to an activating group) is 1. The van der Waals surface area contributed by atoms with E-state index in [2.05, 4.69) is 72.2 Å². The number of halogens is 1. The third-order valence-electron chi connectivity index (χ3n) is 7.28. The zero-order valence-electron chi connectivity index (χ0n) is 19.6. The normalized spacial score (nSPS) is 26.3. The van der Waals surface area contributed by atoms with E-state index in [1.165, 1.54) is 11.1 Å². The van der Waals surface area contributed by atoms with Crippen LogP contribution in [-0.2, 0) is 4.74 Å². The molecule has 0 bridgehead atoms. The van der Waals surface area contributed by atoms with Gasteiger partial charge in [-0.25, -0.2) is 0 Å². The topological polar surface area (TPSA) is 40.6 Å². The fraction of sp³-hybridized carbons (Fsp3) is 0.462. The highest BCUT2D eigenvalue weighted by Crippen LogP contribution is 2.46. The van der Waals surface area contributed by atoms with E-state index >= 15 is 0 Å². The second kappa shape index (κ2) is 8.57. The minimum Gasteiger partial charge on any atom is -0.376 e. The summed E-state index contributed by atoms with van der Waals surface area (Å²) in [6.07, 6.45) is 6.49. The summed E-state index contributed by atoms with van der Waals surface area (Å²) in [4.78, 5) is 9.21. The van der Waals surface area contributed by atoms with Crippen LogP contribution in [0.2, 0.25) is 5.02 Å². The van der Waals surface area contributed by atoms with E-state index in [1.807, 2.05) is 18.3 Å². The summed E-state index contributed by atoms with van der Waals surface area (Å²) in [5.74, 6) is 0. The molecule has 33 heavy (non-hydrogen) atoms. The van der Waals surface area contributed by atoms with Gasteiger partial charge >= 0.3 is 0 Å². The number of thiocarbonyl (C=S) groups is 1. The first-order valence-corrected chi connectivity index (χ1v) is 12.4. The van der Waals surface area contributed by atoms with E-state index in [1.54, 1.807) is 0 Å². The van der Waals surface area contributed by atoms with Crippen LogP contribution in [0.1, 0.15) is 62.5 Å². The lowest BCUT2D eigenvalue weighted by molar-refractivity contribution is 0.0842. The highest BCUT2D eigenvalue weighted by Gasteiger charge is 2.42. The maximum Gasteiger partial charge on any atom is 0.170 e. The molecule has 174 valence electrons. The number of pyridine rings is 1. The van der Waals surface area contributed by atoms with Crippen molar-refractivity contribution < 1.29 is 4.74 Å². The van der Waals surface area contributed by atoms with Crippen LogP contribution in [0.4, 0.5) is 5.69 Å². The average Bonchev–Trinajstić information content (AvgIpc) is 3.41. The number of allylic oxidation sites excluding steroid dienone is 1. The summed E-state index contributed by atoms with van der Waals surface area (Å²) in [5, 5.41) is 5.02. The lowest BCUT2D eigenvalue weighted by Crippen LogP contribution is -2.42. The molecule has 0 amide bonds. The van der Waals surface area contributed by atoms with Crippen molar-refractivity contribution in [2.75, 3.05) is 25.1 Å². The Morgan fingerprint density at radius 2 is 2.12 bits per heavy atom. The van der Waals surface area contributed by atoms with Crippen LogP contribution in [0.3, 0.4) is 0 Å². The van der Waals surface area contributed by atoms with Crippen LogP contribution in [-0.4, -0.2) is 46.8 Å². The van der Waals surface area contributed by atoms with Crippen LogP contribution in [0, 0.1) is 0 Å². The zero-order chi connectivity index (χ0) is 23.3. The summed E-state index contributed by atoms with van der Waals surface area (Å²) in [6.45, 7) is 8.19. The molecule has 0 unspecified atom stereocenters. The lowest BCUT2D eigenvalue weighted by atomic mass is 9.86. The first-order valence-electron chi connectivity index (χ1n) is 11.6. The first kappa shape index (κ1) is 22.6. The smallest absolute Gasteiger partial charge is 0.170 e. The second-order valence-corrected chi connectivity index (χ2v) is 10.6. The van der Waals surface area contributed by atoms with Crippen LogP contribution >= 0.6 is 23.8 Å². The van der Waals surface area contributed by atoms with E-state index in [0.717, 1.165) is 53.1 Å². The Bertz CT molecular complexity index is 1100. The van der Waals surface area contributed by atoms with Gasteiger partial charge in [-0.1, -0.05) is 23.7 Å². The number of nitrogens with zero attached hydrogens (tertiary/aromatic N) is 3. The van der Waals surface area contributed by atoms with Crippen LogP contribution in [0.15, 0.2) is 42.6 Å². The molecule has 0 radical (unpaired) electrons. The van der Waals surface area contributed by atoms with Crippen LogP contribution < -0.4 is 10.2 Å². The van der Waals surface area contributed by atoms with Gasteiger partial charge in [-0.3, -0.25) is 4.98 Å². The fourth-order valence-electron chi connectivity index (χ4n) is 5.36. The van der Waals surface area contributed by atoms with Gasteiger partial charge in [-0.15, -0.1) is 0 Å². The monoisotopic (exact) mass is 482 g/mol. The van der Waals surface area contributed by atoms with Crippen molar-refractivity contribution >= 4 is 40.2 Å². The van der Waals surface area contributed by atoms with E-state index in [0.29, 0.717) is 0 Å². The summed E-state index contributed by atoms with van der Waals surface area (Å²) >= 11 is 12.9. The van der Waals surface area contributed by atoms with E-state index in [4.69, 9.17) is 28.6 Å². The van der Waals surface area contributed by atoms with Gasteiger partial charge in [-0.2, -0.15) is 0 Å². The predicted octanol–water partition coefficient (Wildman–Crippen LogP) is 5.52. The molecule has 2 aromatic rings. The second-order valence-electron chi connectivity index (χ2n) is 9.84. The van der Waals surface area contributed by atoms with Crippen molar-refractivity contribution in [3.8, 4) is 0 Å². The molecule has 2 fully saturated rings. The lowest BCUT2D eigenvalue weighted by Gasteiger charge is -2.41. The Labute approximate surface area is 206 Å². The molecule has 0 aliphatic carbocycles. The molecule has 1 aromatic carbocycles. The van der Waals surface area contributed by atoms with Gasteiger partial charge in [0.05, 0.1) is 29.4 Å². The summed E-state index contributed by atoms with van der Waals surface area (Å²) in [5.41, 5.74) is 5.59. The number of hydrogen-bond donors (Lipinski definition) is 1. The van der Waals surface area contributed by atoms with Gasteiger partial charge in [0, 0.05) is 42.7 Å². The highest BCUT2D eigenvalue weighted by molar-refractivity contribution is 7.80. The van der Waals surface area contributed by atoms with Gasteiger partial charge in [0.1, 0.15) is 0 Å². The summed E-state index contributed by atoms with van der Waals surface area (Å²) < 4.78 is 5.97. The molecule has 5 nitrogen and oxygen atoms in total. The minimum atomic E-state index is -0.0855. The number of rotatable bonds is 4. The Morgan fingerprint density at radius 1 is 1.30 bits per heavy atom.